The van der Waals surface area contributed by atoms with Gasteiger partial charge in [-0.15, -0.1) is 0 Å². The number of nitrogens with one attached hydrogen (secondary N) is 1. The van der Waals surface area contributed by atoms with Crippen LogP contribution in [0.15, 0.2) is 29.8 Å². The van der Waals surface area contributed by atoms with Crippen molar-refractivity contribution in [3.63, 3.8) is 0 Å². The van der Waals surface area contributed by atoms with Gasteiger partial charge in [0, 0.05) is 12.6 Å². The van der Waals surface area contributed by atoms with Gasteiger partial charge in [0.1, 0.15) is 18.1 Å². The van der Waals surface area contributed by atoms with E-state index in [4.69, 9.17) is 9.84 Å². The highest BCUT2D eigenvalue weighted by atomic mass is 16.5. The number of aliphatic hydroxyl groups excluding tert-OH is 1. The molecule has 1 aromatic carbocycles. The summed E-state index contributed by atoms with van der Waals surface area (Å²) in [5, 5.41) is 21.1. The van der Waals surface area contributed by atoms with E-state index in [1.54, 1.807) is 6.07 Å². The van der Waals surface area contributed by atoms with Crippen molar-refractivity contribution in [3.8, 4) is 11.5 Å². The van der Waals surface area contributed by atoms with Crippen LogP contribution >= 0.6 is 0 Å². The van der Waals surface area contributed by atoms with E-state index in [9.17, 15) is 9.90 Å². The summed E-state index contributed by atoms with van der Waals surface area (Å²) >= 11 is 0. The van der Waals surface area contributed by atoms with Crippen molar-refractivity contribution in [2.75, 3.05) is 19.8 Å². The number of phenolic OH excluding ortho intramolecular Hbond substituents is 1. The molecule has 0 saturated heterocycles. The second-order valence-electron chi connectivity index (χ2n) is 6.31. The average Bonchev–Trinajstić information content (AvgIpc) is 2.61. The lowest BCUT2D eigenvalue weighted by atomic mass is 10.0. The molecule has 0 unspecified atom stereocenters. The topological polar surface area (TPSA) is 78.8 Å². The zero-order valence-electron chi connectivity index (χ0n) is 16.8. The predicted octanol–water partition coefficient (Wildman–Crippen LogP) is 4.29. The van der Waals surface area contributed by atoms with Gasteiger partial charge in [-0.2, -0.15) is 0 Å². The molecule has 5 heteroatoms. The standard InChI is InChI=1S/C19H29NO4.C2H6/c1-14(2)5-4-6-15(3)9-12-24-16-7-8-17(18(22)13-16)19(23)20-10-11-21;1-2/h7-9,13-14,21-22H,4-6,10-12H2,1-3H3,(H,20,23);1-2H3/b15-9+;. The number of carbonyl (C=O) groups is 1. The number of hydrogen-bond acceptors (Lipinski definition) is 4. The molecule has 0 aliphatic heterocycles. The van der Waals surface area contributed by atoms with Crippen molar-refractivity contribution in [1.29, 1.82) is 0 Å². The van der Waals surface area contributed by atoms with E-state index in [0.29, 0.717) is 12.4 Å². The first-order valence-electron chi connectivity index (χ1n) is 9.44. The van der Waals surface area contributed by atoms with E-state index in [-0.39, 0.29) is 24.5 Å². The van der Waals surface area contributed by atoms with Crippen molar-refractivity contribution < 1.29 is 19.7 Å². The minimum atomic E-state index is -0.422. The molecule has 0 saturated carbocycles. The summed E-state index contributed by atoms with van der Waals surface area (Å²) in [6.45, 7) is 11.0. The summed E-state index contributed by atoms with van der Waals surface area (Å²) in [6, 6.07) is 4.59. The van der Waals surface area contributed by atoms with Crippen molar-refractivity contribution in [1.82, 2.24) is 5.32 Å². The van der Waals surface area contributed by atoms with Crippen LogP contribution in [-0.2, 0) is 0 Å². The van der Waals surface area contributed by atoms with Gasteiger partial charge in [-0.1, -0.05) is 39.7 Å². The van der Waals surface area contributed by atoms with Crippen LogP contribution < -0.4 is 10.1 Å². The van der Waals surface area contributed by atoms with Crippen LogP contribution in [0.25, 0.3) is 0 Å². The lowest BCUT2D eigenvalue weighted by Crippen LogP contribution is -2.26. The third-order valence-corrected chi connectivity index (χ3v) is 3.65. The molecule has 0 aromatic heterocycles. The molecule has 3 N–H and O–H groups in total. The SMILES string of the molecule is C/C(=C\COc1ccc(C(=O)NCCO)c(O)c1)CCCC(C)C.CC. The van der Waals surface area contributed by atoms with Crippen LogP contribution in [0, 0.1) is 5.92 Å². The minimum absolute atomic E-state index is 0.138. The Labute approximate surface area is 158 Å². The Kier molecular flexibility index (Phi) is 13.1. The number of allylic oxidation sites excluding steroid dienone is 1. The first kappa shape index (κ1) is 24.0. The molecular formula is C21H35NO4. The highest BCUT2D eigenvalue weighted by Crippen LogP contribution is 2.23. The largest absolute Gasteiger partial charge is 0.507 e. The molecule has 0 spiro atoms. The molecule has 5 nitrogen and oxygen atoms in total. The van der Waals surface area contributed by atoms with Gasteiger partial charge >= 0.3 is 0 Å². The maximum Gasteiger partial charge on any atom is 0.255 e. The lowest BCUT2D eigenvalue weighted by Gasteiger charge is -2.09. The van der Waals surface area contributed by atoms with Gasteiger partial charge in [-0.25, -0.2) is 0 Å². The fourth-order valence-corrected chi connectivity index (χ4v) is 2.23. The minimum Gasteiger partial charge on any atom is -0.507 e. The molecule has 0 atom stereocenters. The molecule has 148 valence electrons. The van der Waals surface area contributed by atoms with Crippen LogP contribution in [0.5, 0.6) is 11.5 Å². The van der Waals surface area contributed by atoms with E-state index < -0.39 is 5.91 Å². The van der Waals surface area contributed by atoms with E-state index >= 15 is 0 Å². The molecule has 0 fully saturated rings. The Morgan fingerprint density at radius 1 is 1.31 bits per heavy atom. The molecule has 0 radical (unpaired) electrons. The fraction of sp³-hybridized carbons (Fsp3) is 0.571. The molecule has 1 aromatic rings. The third-order valence-electron chi connectivity index (χ3n) is 3.65. The Morgan fingerprint density at radius 2 is 2.00 bits per heavy atom. The molecule has 0 heterocycles. The monoisotopic (exact) mass is 365 g/mol. The number of hydrogen-bond donors (Lipinski definition) is 3. The number of carbonyl (C=O) groups excluding carboxylic acids is 1. The van der Waals surface area contributed by atoms with Gasteiger partial charge in [0.15, 0.2) is 0 Å². The molecule has 0 aliphatic carbocycles. The van der Waals surface area contributed by atoms with Gasteiger partial charge in [0.05, 0.1) is 12.2 Å². The van der Waals surface area contributed by atoms with Crippen molar-refractivity contribution in [2.45, 2.75) is 53.9 Å². The quantitative estimate of drug-likeness (QED) is 0.540. The number of rotatable bonds is 10. The number of phenols is 1. The Bertz CT molecular complexity index is 553. The zero-order valence-corrected chi connectivity index (χ0v) is 16.8. The van der Waals surface area contributed by atoms with E-state index in [2.05, 4.69) is 26.1 Å². The normalized spacial score (nSPS) is 11.0. The number of aromatic hydroxyl groups is 1. The zero-order chi connectivity index (χ0) is 19.9. The smallest absolute Gasteiger partial charge is 0.255 e. The molecule has 0 bridgehead atoms. The van der Waals surface area contributed by atoms with Crippen molar-refractivity contribution in [3.05, 3.63) is 35.4 Å². The van der Waals surface area contributed by atoms with Gasteiger partial charge in [0.25, 0.3) is 5.91 Å². The highest BCUT2D eigenvalue weighted by Gasteiger charge is 2.11. The van der Waals surface area contributed by atoms with E-state index in [1.807, 2.05) is 19.9 Å². The number of aliphatic hydroxyl groups is 1. The van der Waals surface area contributed by atoms with Crippen LogP contribution in [0.3, 0.4) is 0 Å². The fourth-order valence-electron chi connectivity index (χ4n) is 2.23. The molecular weight excluding hydrogens is 330 g/mol. The van der Waals surface area contributed by atoms with Crippen molar-refractivity contribution >= 4 is 5.91 Å². The van der Waals surface area contributed by atoms with Crippen LogP contribution in [0.2, 0.25) is 0 Å². The molecule has 1 amide bonds. The maximum atomic E-state index is 11.8. The van der Waals surface area contributed by atoms with Gasteiger partial charge < -0.3 is 20.3 Å². The van der Waals surface area contributed by atoms with Crippen molar-refractivity contribution in [2.24, 2.45) is 5.92 Å². The average molecular weight is 366 g/mol. The first-order valence-corrected chi connectivity index (χ1v) is 9.44. The van der Waals surface area contributed by atoms with Crippen LogP contribution in [0.1, 0.15) is 64.2 Å². The maximum absolute atomic E-state index is 11.8. The highest BCUT2D eigenvalue weighted by molar-refractivity contribution is 5.96. The molecule has 26 heavy (non-hydrogen) atoms. The lowest BCUT2D eigenvalue weighted by molar-refractivity contribution is 0.0942. The Balaban J connectivity index is 0.00000301. The van der Waals surface area contributed by atoms with E-state index in [1.165, 1.54) is 30.5 Å². The van der Waals surface area contributed by atoms with Crippen LogP contribution in [-0.4, -0.2) is 35.9 Å². The second-order valence-corrected chi connectivity index (χ2v) is 6.31. The summed E-state index contributed by atoms with van der Waals surface area (Å²) in [6.07, 6.45) is 5.51. The molecule has 0 aliphatic rings. The Morgan fingerprint density at radius 3 is 2.58 bits per heavy atom. The molecule has 1 rings (SSSR count). The predicted molar refractivity (Wildman–Crippen MR) is 107 cm³/mol. The summed E-state index contributed by atoms with van der Waals surface area (Å²) in [5.74, 6) is 0.678. The number of benzene rings is 1. The Hall–Kier alpha value is -2.01. The third kappa shape index (κ3) is 10.1. The number of amides is 1. The van der Waals surface area contributed by atoms with Gasteiger partial charge in [-0.3, -0.25) is 4.79 Å². The summed E-state index contributed by atoms with van der Waals surface area (Å²) < 4.78 is 5.59. The van der Waals surface area contributed by atoms with Gasteiger partial charge in [0.2, 0.25) is 0 Å². The van der Waals surface area contributed by atoms with E-state index in [0.717, 1.165) is 12.3 Å². The summed E-state index contributed by atoms with van der Waals surface area (Å²) in [7, 11) is 0. The van der Waals surface area contributed by atoms with Gasteiger partial charge in [-0.05, 0) is 43.9 Å². The first-order chi connectivity index (χ1) is 12.4. The number of ether oxygens (including phenoxy) is 1. The van der Waals surface area contributed by atoms with Crippen LogP contribution in [0.4, 0.5) is 0 Å². The summed E-state index contributed by atoms with van der Waals surface area (Å²) in [4.78, 5) is 11.8. The summed E-state index contributed by atoms with van der Waals surface area (Å²) in [5.41, 5.74) is 1.45. The second kappa shape index (κ2) is 14.2.